The topological polar surface area (TPSA) is 66.7 Å². The van der Waals surface area contributed by atoms with Crippen LogP contribution in [0.25, 0.3) is 0 Å². The van der Waals surface area contributed by atoms with Crippen LogP contribution in [0.1, 0.15) is 19.4 Å². The van der Waals surface area contributed by atoms with Crippen LogP contribution >= 0.6 is 0 Å². The first-order valence-electron chi connectivity index (χ1n) is 7.30. The molecule has 0 aliphatic carbocycles. The minimum absolute atomic E-state index is 0.178. The van der Waals surface area contributed by atoms with Crippen molar-refractivity contribution in [2.45, 2.75) is 25.7 Å². The number of hydrogen-bond donors (Lipinski definition) is 0. The Morgan fingerprint density at radius 1 is 1.23 bits per heavy atom. The second-order valence-corrected chi connectivity index (χ2v) is 6.71. The van der Waals surface area contributed by atoms with Crippen LogP contribution in [0, 0.1) is 6.92 Å². The number of hydrogen-bond acceptors (Lipinski definition) is 5. The second-order valence-electron chi connectivity index (χ2n) is 5.33. The molecule has 1 aromatic rings. The smallest absolute Gasteiger partial charge is 0.236 e. The lowest BCUT2D eigenvalue weighted by atomic mass is 10.2. The van der Waals surface area contributed by atoms with Crippen molar-refractivity contribution in [3.8, 4) is 0 Å². The summed E-state index contributed by atoms with van der Waals surface area (Å²) in [6.07, 6.45) is 2.22. The van der Waals surface area contributed by atoms with Gasteiger partial charge in [-0.2, -0.15) is 0 Å². The molecule has 1 aliphatic rings. The zero-order valence-electron chi connectivity index (χ0n) is 13.7. The summed E-state index contributed by atoms with van der Waals surface area (Å²) in [6.45, 7) is 10.5. The highest BCUT2D eigenvalue weighted by molar-refractivity contribution is 7.85. The maximum atomic E-state index is 10.4. The SMILES string of the molecule is CCN1C=[N+](CC)CN(C)C1.Cc1ccc(S(=O)(=O)[O-])cc1. The predicted octanol–water partition coefficient (Wildman–Crippen LogP) is 1.13. The molecule has 0 spiro atoms. The van der Waals surface area contributed by atoms with E-state index in [1.807, 2.05) is 6.92 Å². The summed E-state index contributed by atoms with van der Waals surface area (Å²) in [5.74, 6) is 0. The Hall–Kier alpha value is -1.44. The molecule has 0 amide bonds. The van der Waals surface area contributed by atoms with E-state index < -0.39 is 10.1 Å². The summed E-state index contributed by atoms with van der Waals surface area (Å²) in [5, 5.41) is 0. The van der Waals surface area contributed by atoms with E-state index in [9.17, 15) is 13.0 Å². The molecule has 0 N–H and O–H groups in total. The third-order valence-electron chi connectivity index (χ3n) is 3.29. The molecule has 0 saturated carbocycles. The number of rotatable bonds is 3. The minimum atomic E-state index is -4.27. The van der Waals surface area contributed by atoms with Crippen molar-refractivity contribution in [1.29, 1.82) is 0 Å². The zero-order valence-corrected chi connectivity index (χ0v) is 14.5. The molecule has 0 atom stereocenters. The Bertz CT molecular complexity index is 597. The quantitative estimate of drug-likeness (QED) is 0.615. The molecule has 0 aromatic heterocycles. The highest BCUT2D eigenvalue weighted by Crippen LogP contribution is 2.08. The Balaban J connectivity index is 0.000000220. The predicted molar refractivity (Wildman–Crippen MR) is 85.9 cm³/mol. The molecule has 0 bridgehead atoms. The summed E-state index contributed by atoms with van der Waals surface area (Å²) in [5.41, 5.74) is 0.928. The lowest BCUT2D eigenvalue weighted by molar-refractivity contribution is -0.552. The van der Waals surface area contributed by atoms with Gasteiger partial charge >= 0.3 is 0 Å². The Morgan fingerprint density at radius 3 is 2.27 bits per heavy atom. The van der Waals surface area contributed by atoms with Gasteiger partial charge in [0, 0.05) is 0 Å². The lowest BCUT2D eigenvalue weighted by Gasteiger charge is -2.26. The highest BCUT2D eigenvalue weighted by atomic mass is 32.2. The Morgan fingerprint density at radius 2 is 1.82 bits per heavy atom. The van der Waals surface area contributed by atoms with E-state index in [-0.39, 0.29) is 4.90 Å². The highest BCUT2D eigenvalue weighted by Gasteiger charge is 2.16. The van der Waals surface area contributed by atoms with E-state index in [1.54, 1.807) is 12.1 Å². The molecule has 6 nitrogen and oxygen atoms in total. The van der Waals surface area contributed by atoms with Crippen molar-refractivity contribution in [1.82, 2.24) is 9.80 Å². The van der Waals surface area contributed by atoms with Gasteiger partial charge in [0.2, 0.25) is 6.34 Å². The molecule has 1 heterocycles. The van der Waals surface area contributed by atoms with Crippen LogP contribution in [-0.2, 0) is 10.1 Å². The first-order chi connectivity index (χ1) is 10.3. The Kier molecular flexibility index (Phi) is 6.99. The van der Waals surface area contributed by atoms with E-state index in [0.29, 0.717) is 0 Å². The van der Waals surface area contributed by atoms with Crippen molar-refractivity contribution < 1.29 is 17.5 Å². The maximum absolute atomic E-state index is 10.4. The van der Waals surface area contributed by atoms with Gasteiger partial charge in [-0.3, -0.25) is 9.48 Å². The minimum Gasteiger partial charge on any atom is -0.744 e. The van der Waals surface area contributed by atoms with E-state index in [4.69, 9.17) is 0 Å². The van der Waals surface area contributed by atoms with Crippen molar-refractivity contribution in [2.75, 3.05) is 33.5 Å². The molecule has 0 radical (unpaired) electrons. The molecule has 22 heavy (non-hydrogen) atoms. The summed E-state index contributed by atoms with van der Waals surface area (Å²) in [4.78, 5) is 4.45. The van der Waals surface area contributed by atoms with E-state index >= 15 is 0 Å². The molecule has 1 aromatic carbocycles. The van der Waals surface area contributed by atoms with Gasteiger partial charge in [-0.1, -0.05) is 17.7 Å². The van der Waals surface area contributed by atoms with Crippen LogP contribution < -0.4 is 0 Å². The average Bonchev–Trinajstić information content (AvgIpc) is 2.46. The van der Waals surface area contributed by atoms with Gasteiger partial charge in [0.25, 0.3) is 0 Å². The van der Waals surface area contributed by atoms with Crippen molar-refractivity contribution >= 4 is 16.5 Å². The molecule has 1 aliphatic heterocycles. The van der Waals surface area contributed by atoms with Crippen LogP contribution in [0.4, 0.5) is 0 Å². The number of benzene rings is 1. The largest absolute Gasteiger partial charge is 0.744 e. The number of nitrogens with zero attached hydrogens (tertiary/aromatic N) is 3. The fraction of sp³-hybridized carbons (Fsp3) is 0.533. The van der Waals surface area contributed by atoms with E-state index in [1.165, 1.54) is 12.1 Å². The van der Waals surface area contributed by atoms with Gasteiger partial charge in [0.1, 0.15) is 23.5 Å². The molecule has 2 rings (SSSR count). The lowest BCUT2D eigenvalue weighted by Crippen LogP contribution is -2.46. The third kappa shape index (κ3) is 6.13. The fourth-order valence-electron chi connectivity index (χ4n) is 2.04. The van der Waals surface area contributed by atoms with Crippen molar-refractivity contribution in [2.24, 2.45) is 0 Å². The monoisotopic (exact) mass is 327 g/mol. The van der Waals surface area contributed by atoms with E-state index in [0.717, 1.165) is 32.0 Å². The van der Waals surface area contributed by atoms with Crippen LogP contribution in [0.5, 0.6) is 0 Å². The Labute approximate surface area is 133 Å². The molecular weight excluding hydrogens is 302 g/mol. The summed E-state index contributed by atoms with van der Waals surface area (Å²) >= 11 is 0. The normalized spacial score (nSPS) is 15.9. The van der Waals surface area contributed by atoms with Crippen molar-refractivity contribution in [3.63, 3.8) is 0 Å². The first kappa shape index (κ1) is 18.6. The summed E-state index contributed by atoms with van der Waals surface area (Å²) in [6, 6.07) is 5.78. The second kappa shape index (κ2) is 8.26. The van der Waals surface area contributed by atoms with Crippen LogP contribution in [-0.4, -0.2) is 67.2 Å². The van der Waals surface area contributed by atoms with Crippen molar-refractivity contribution in [3.05, 3.63) is 29.8 Å². The van der Waals surface area contributed by atoms with Gasteiger partial charge < -0.3 is 4.55 Å². The summed E-state index contributed by atoms with van der Waals surface area (Å²) < 4.78 is 33.5. The first-order valence-corrected chi connectivity index (χ1v) is 8.71. The molecular formula is C15H25N3O3S. The van der Waals surface area contributed by atoms with Gasteiger partial charge in [-0.05, 0) is 40.0 Å². The maximum Gasteiger partial charge on any atom is 0.236 e. The zero-order chi connectivity index (χ0) is 16.8. The molecule has 0 fully saturated rings. The number of aryl methyl sites for hydroxylation is 1. The molecule has 0 saturated heterocycles. The van der Waals surface area contributed by atoms with Gasteiger partial charge in [-0.25, -0.2) is 13.3 Å². The standard InChI is InChI=1S/C8H18N3.C7H8O3S/c1-4-10-6-9(3)7-11(5-2)8-10;1-6-2-4-7(5-3-6)11(8,9)10/h8H,4-7H2,1-3H3;2-5H,1H3,(H,8,9,10)/q+1;/p-1. The average molecular weight is 327 g/mol. The van der Waals surface area contributed by atoms with Gasteiger partial charge in [0.05, 0.1) is 18.0 Å². The van der Waals surface area contributed by atoms with Gasteiger partial charge in [-0.15, -0.1) is 0 Å². The molecule has 124 valence electrons. The third-order valence-corrected chi connectivity index (χ3v) is 4.14. The summed E-state index contributed by atoms with van der Waals surface area (Å²) in [7, 11) is -2.12. The van der Waals surface area contributed by atoms with Crippen LogP contribution in [0.2, 0.25) is 0 Å². The molecule has 0 unspecified atom stereocenters. The van der Waals surface area contributed by atoms with Gasteiger partial charge in [0.15, 0.2) is 0 Å². The van der Waals surface area contributed by atoms with E-state index in [2.05, 4.69) is 41.6 Å². The fourth-order valence-corrected chi connectivity index (χ4v) is 2.51. The molecule has 7 heteroatoms. The van der Waals surface area contributed by atoms with Crippen LogP contribution in [0.3, 0.4) is 0 Å². The van der Waals surface area contributed by atoms with Crippen LogP contribution in [0.15, 0.2) is 29.2 Å².